The number of carbonyl (C=O) groups is 4. The van der Waals surface area contributed by atoms with Gasteiger partial charge in [0.05, 0.1) is 42.9 Å². The number of amides is 4. The molecule has 10 rings (SSSR count). The number of esters is 1. The van der Waals surface area contributed by atoms with Gasteiger partial charge < -0.3 is 34.8 Å². The molecule has 15 heteroatoms. The number of nitrogens with one attached hydrogen (secondary N) is 1. The molecule has 1 aromatic heterocycles. The number of rotatable bonds is 11. The molecule has 0 aliphatic carbocycles. The highest BCUT2D eigenvalue weighted by molar-refractivity contribution is 6.24. The quantitative estimate of drug-likeness (QED) is 0.101. The number of hydrogen-bond donors (Lipinski definition) is 3. The van der Waals surface area contributed by atoms with Gasteiger partial charge >= 0.3 is 12.0 Å². The Balaban J connectivity index is 1.23. The summed E-state index contributed by atoms with van der Waals surface area (Å²) in [6.45, 7) is 2.67. The molecule has 3 saturated heterocycles. The van der Waals surface area contributed by atoms with Crippen LogP contribution in [0.2, 0.25) is 0 Å². The number of morpholine rings is 1. The predicted octanol–water partition coefficient (Wildman–Crippen LogP) is 6.07. The molecule has 15 nitrogen and oxygen atoms in total. The van der Waals surface area contributed by atoms with Crippen LogP contribution in [0, 0.1) is 17.8 Å². The molecule has 7 atom stereocenters. The van der Waals surface area contributed by atoms with Gasteiger partial charge in [0.2, 0.25) is 17.8 Å². The van der Waals surface area contributed by atoms with E-state index >= 15 is 19.2 Å². The van der Waals surface area contributed by atoms with Crippen LogP contribution in [0.3, 0.4) is 0 Å². The van der Waals surface area contributed by atoms with Crippen molar-refractivity contribution in [3.63, 3.8) is 0 Å². The lowest BCUT2D eigenvalue weighted by molar-refractivity contribution is -0.179. The van der Waals surface area contributed by atoms with Gasteiger partial charge in [-0.1, -0.05) is 115 Å². The summed E-state index contributed by atoms with van der Waals surface area (Å²) in [4.78, 5) is 79.5. The smallest absolute Gasteiger partial charge is 0.329 e. The lowest BCUT2D eigenvalue weighted by Crippen LogP contribution is -2.59. The van der Waals surface area contributed by atoms with Gasteiger partial charge in [0.25, 0.3) is 0 Å². The highest BCUT2D eigenvalue weighted by Gasteiger charge is 2.76. The Morgan fingerprint density at radius 1 is 0.789 bits per heavy atom. The molecule has 0 bridgehead atoms. The highest BCUT2D eigenvalue weighted by Crippen LogP contribution is 2.66. The number of cyclic esters (lactones) is 1. The fourth-order valence-electron chi connectivity index (χ4n) is 10.9. The van der Waals surface area contributed by atoms with Crippen molar-refractivity contribution in [2.75, 3.05) is 55.8 Å². The predicted molar refractivity (Wildman–Crippen MR) is 264 cm³/mol. The molecule has 4 aliphatic rings. The number of benzene rings is 5. The molecule has 0 radical (unpaired) electrons. The first-order valence-corrected chi connectivity index (χ1v) is 23.9. The van der Waals surface area contributed by atoms with E-state index in [1.165, 1.54) is 0 Å². The second-order valence-electron chi connectivity index (χ2n) is 18.0. The largest absolute Gasteiger partial charge is 0.491 e. The molecular weight excluding hydrogens is 899 g/mol. The monoisotopic (exact) mass is 951 g/mol. The van der Waals surface area contributed by atoms with Crippen molar-refractivity contribution in [1.82, 2.24) is 25.1 Å². The first-order valence-electron chi connectivity index (χ1n) is 23.9. The lowest BCUT2D eigenvalue weighted by atomic mass is 9.64. The van der Waals surface area contributed by atoms with Gasteiger partial charge in [0.15, 0.2) is 0 Å². The van der Waals surface area contributed by atoms with E-state index < -0.39 is 65.4 Å². The number of anilines is 2. The van der Waals surface area contributed by atoms with E-state index in [9.17, 15) is 10.2 Å². The van der Waals surface area contributed by atoms with E-state index in [2.05, 4.69) is 27.1 Å². The zero-order valence-electron chi connectivity index (χ0n) is 39.1. The van der Waals surface area contributed by atoms with E-state index in [0.717, 1.165) is 16.0 Å². The standard InChI is InChI=1S/C56H53N7O8/c1-37(39-15-5-2-6-16-39)59-55(69)62-45-26-21-38(14-11-12-33-64)36-44(45)56(53(62)68)46(51(66)60-29-31-61(32-30-60)54-57-27-13-28-58-54)48-52(67)71-49(41-19-9-4-10-20-41)47(40-17-7-3-8-18-40)63(48)50(56)42-22-24-43(25-23-42)70-35-34-65/h2-10,13,15-28,36-37,46-50,64-65H,12,29-35H2,1H3,(H,59,69)/t37-,46+,47+,48+,49-,50-,56+/m1/s1. The Kier molecular flexibility index (Phi) is 13.3. The molecule has 6 aromatic rings. The molecule has 4 amide bonds. The van der Waals surface area contributed by atoms with Crippen LogP contribution in [-0.2, 0) is 24.5 Å². The molecule has 0 unspecified atom stereocenters. The minimum absolute atomic E-state index is 0.0409. The number of ether oxygens (including phenoxy) is 2. The Hall–Kier alpha value is -7.90. The highest BCUT2D eigenvalue weighted by atomic mass is 16.6. The van der Waals surface area contributed by atoms with Crippen LogP contribution in [0.25, 0.3) is 0 Å². The van der Waals surface area contributed by atoms with Gasteiger partial charge in [-0.3, -0.25) is 19.3 Å². The average molecular weight is 952 g/mol. The number of urea groups is 1. The Labute approximate surface area is 411 Å². The summed E-state index contributed by atoms with van der Waals surface area (Å²) >= 11 is 0. The number of nitrogens with zero attached hydrogens (tertiary/aromatic N) is 6. The Bertz CT molecular complexity index is 2950. The second kappa shape index (κ2) is 20.2. The number of aliphatic hydroxyl groups excluding tert-OH is 2. The zero-order chi connectivity index (χ0) is 49.1. The van der Waals surface area contributed by atoms with Crippen LogP contribution in [0.1, 0.15) is 71.0 Å². The van der Waals surface area contributed by atoms with Crippen molar-refractivity contribution < 1.29 is 38.9 Å². The third kappa shape index (κ3) is 8.54. The molecule has 360 valence electrons. The van der Waals surface area contributed by atoms with Crippen molar-refractivity contribution in [2.24, 2.45) is 5.92 Å². The van der Waals surface area contributed by atoms with Crippen molar-refractivity contribution >= 4 is 35.5 Å². The van der Waals surface area contributed by atoms with Crippen LogP contribution in [0.4, 0.5) is 16.4 Å². The van der Waals surface area contributed by atoms with Crippen LogP contribution < -0.4 is 19.9 Å². The summed E-state index contributed by atoms with van der Waals surface area (Å²) in [5.41, 5.74) is 1.91. The fourth-order valence-corrected chi connectivity index (χ4v) is 10.9. The summed E-state index contributed by atoms with van der Waals surface area (Å²) in [5.74, 6) is 3.80. The van der Waals surface area contributed by atoms with Crippen molar-refractivity contribution in [2.45, 2.75) is 49.0 Å². The molecule has 71 heavy (non-hydrogen) atoms. The molecule has 1 spiro atoms. The normalized spacial score (nSPS) is 23.0. The molecule has 5 heterocycles. The number of carbonyl (C=O) groups excluding carboxylic acids is 4. The van der Waals surface area contributed by atoms with Gasteiger partial charge in [-0.25, -0.2) is 19.7 Å². The van der Waals surface area contributed by atoms with E-state index in [4.69, 9.17) is 9.47 Å². The SMILES string of the molecule is C[C@@H](NC(=O)N1C(=O)[C@@]2(c3cc(C#CCCO)ccc31)[C@H](C(=O)N1CCN(c3ncccn3)CC1)[C@H]1C(=O)O[C@H](c3ccccc3)[C@H](c3ccccc3)N1[C@@H]2c1ccc(OCCO)cc1)c1ccccc1. The van der Waals surface area contributed by atoms with E-state index in [1.807, 2.05) is 120 Å². The molecule has 3 fully saturated rings. The number of piperazine rings is 1. The van der Waals surface area contributed by atoms with E-state index in [0.29, 0.717) is 47.0 Å². The molecule has 0 saturated carbocycles. The third-order valence-electron chi connectivity index (χ3n) is 14.0. The van der Waals surface area contributed by atoms with E-state index in [1.54, 1.807) is 53.7 Å². The molecule has 4 aliphatic heterocycles. The Morgan fingerprint density at radius 2 is 1.45 bits per heavy atom. The molecule has 5 aromatic carbocycles. The maximum absolute atomic E-state index is 16.8. The molecule has 3 N–H and O–H groups in total. The summed E-state index contributed by atoms with van der Waals surface area (Å²) in [6.07, 6.45) is 2.60. The van der Waals surface area contributed by atoms with Gasteiger partial charge in [0.1, 0.15) is 29.9 Å². The maximum Gasteiger partial charge on any atom is 0.329 e. The van der Waals surface area contributed by atoms with Crippen LogP contribution >= 0.6 is 0 Å². The van der Waals surface area contributed by atoms with E-state index in [-0.39, 0.29) is 45.0 Å². The maximum atomic E-state index is 16.8. The van der Waals surface area contributed by atoms with Crippen molar-refractivity contribution in [3.05, 3.63) is 185 Å². The topological polar surface area (TPSA) is 178 Å². The number of hydrogen-bond acceptors (Lipinski definition) is 12. The van der Waals surface area contributed by atoms with Crippen LogP contribution in [0.5, 0.6) is 5.75 Å². The first-order chi connectivity index (χ1) is 34.7. The number of imide groups is 1. The number of fused-ring (bicyclic) bond motifs is 3. The third-order valence-corrected chi connectivity index (χ3v) is 14.0. The molecular formula is C56H53N7O8. The summed E-state index contributed by atoms with van der Waals surface area (Å²) < 4.78 is 12.5. The number of aliphatic hydroxyl groups is 2. The van der Waals surface area contributed by atoms with Crippen LogP contribution in [0.15, 0.2) is 152 Å². The van der Waals surface area contributed by atoms with Gasteiger partial charge in [-0.2, -0.15) is 0 Å². The fraction of sp³-hybridized carbons (Fsp3) is 0.286. The zero-order valence-corrected chi connectivity index (χ0v) is 39.1. The first kappa shape index (κ1) is 46.8. The Morgan fingerprint density at radius 3 is 2.11 bits per heavy atom. The van der Waals surface area contributed by atoms with Gasteiger partial charge in [0, 0.05) is 50.6 Å². The van der Waals surface area contributed by atoms with Gasteiger partial charge in [-0.05, 0) is 71.1 Å². The second-order valence-corrected chi connectivity index (χ2v) is 18.0. The van der Waals surface area contributed by atoms with Crippen LogP contribution in [-0.4, -0.2) is 106 Å². The summed E-state index contributed by atoms with van der Waals surface area (Å²) in [5, 5.41) is 22.4. The lowest BCUT2D eigenvalue weighted by Gasteiger charge is -2.46. The van der Waals surface area contributed by atoms with Crippen molar-refractivity contribution in [1.29, 1.82) is 0 Å². The minimum atomic E-state index is -2.00. The minimum Gasteiger partial charge on any atom is -0.491 e. The number of aromatic nitrogens is 2. The summed E-state index contributed by atoms with van der Waals surface area (Å²) in [7, 11) is 0. The van der Waals surface area contributed by atoms with Crippen molar-refractivity contribution in [3.8, 4) is 17.6 Å². The summed E-state index contributed by atoms with van der Waals surface area (Å²) in [6, 6.07) is 37.9. The average Bonchev–Trinajstić information content (AvgIpc) is 3.87. The van der Waals surface area contributed by atoms with Gasteiger partial charge in [-0.15, -0.1) is 0 Å².